The molecule has 1 unspecified atom stereocenters. The van der Waals surface area contributed by atoms with E-state index < -0.39 is 0 Å². The highest BCUT2D eigenvalue weighted by atomic mass is 35.5. The Labute approximate surface area is 215 Å². The molecule has 9 heteroatoms. The molecular formula is C27H30ClN5O3. The Bertz CT molecular complexity index is 1260. The van der Waals surface area contributed by atoms with Crippen molar-refractivity contribution in [3.63, 3.8) is 0 Å². The van der Waals surface area contributed by atoms with Gasteiger partial charge in [-0.3, -0.25) is 4.90 Å². The van der Waals surface area contributed by atoms with E-state index in [0.717, 1.165) is 77.2 Å². The summed E-state index contributed by atoms with van der Waals surface area (Å²) >= 11 is 5.97. The van der Waals surface area contributed by atoms with Gasteiger partial charge in [-0.25, -0.2) is 9.97 Å². The first kappa shape index (κ1) is 24.5. The Balaban J connectivity index is 1.25. The summed E-state index contributed by atoms with van der Waals surface area (Å²) < 4.78 is 17.3. The van der Waals surface area contributed by atoms with Crippen molar-refractivity contribution in [3.05, 3.63) is 82.8 Å². The van der Waals surface area contributed by atoms with Crippen molar-refractivity contribution in [2.45, 2.75) is 12.6 Å². The highest BCUT2D eigenvalue weighted by Gasteiger charge is 2.19. The Morgan fingerprint density at radius 3 is 2.69 bits per heavy atom. The second-order valence-electron chi connectivity index (χ2n) is 8.69. The molecule has 188 valence electrons. The smallest absolute Gasteiger partial charge is 0.138 e. The molecule has 0 bridgehead atoms. The standard InChI is InChI=1S/C27H30ClN5O3/c1-34-26(20-4-7-25(30-16-20)29-15-19-2-5-21(28)6-3-19)24-18-32-27-23(24)14-22(17-31-27)36-13-10-33-8-11-35-12-9-33/h2-7,14,16-18,26H,8-13,15H2,1H3,(H,29,30)(H,31,32). The zero-order chi connectivity index (χ0) is 24.7. The fourth-order valence-electron chi connectivity index (χ4n) is 4.32. The second kappa shape index (κ2) is 11.7. The lowest BCUT2D eigenvalue weighted by Gasteiger charge is -2.26. The number of hydrogen-bond acceptors (Lipinski definition) is 7. The fourth-order valence-corrected chi connectivity index (χ4v) is 4.45. The number of H-pyrrole nitrogens is 1. The van der Waals surface area contributed by atoms with Crippen LogP contribution in [0.2, 0.25) is 5.02 Å². The average Bonchev–Trinajstić information content (AvgIpc) is 3.33. The summed E-state index contributed by atoms with van der Waals surface area (Å²) in [5.74, 6) is 1.53. The lowest BCUT2D eigenvalue weighted by Crippen LogP contribution is -2.38. The first-order valence-corrected chi connectivity index (χ1v) is 12.4. The monoisotopic (exact) mass is 507 g/mol. The molecule has 36 heavy (non-hydrogen) atoms. The lowest BCUT2D eigenvalue weighted by molar-refractivity contribution is 0.0322. The maximum Gasteiger partial charge on any atom is 0.138 e. The zero-order valence-corrected chi connectivity index (χ0v) is 21.0. The van der Waals surface area contributed by atoms with Crippen molar-refractivity contribution in [1.82, 2.24) is 19.9 Å². The number of nitrogens with zero attached hydrogens (tertiary/aromatic N) is 3. The number of aromatic nitrogens is 3. The molecule has 5 rings (SSSR count). The number of rotatable bonds is 10. The van der Waals surface area contributed by atoms with Crippen LogP contribution in [-0.2, 0) is 16.0 Å². The van der Waals surface area contributed by atoms with Crippen LogP contribution < -0.4 is 10.1 Å². The molecule has 1 aliphatic rings. The maximum absolute atomic E-state index is 6.02. The van der Waals surface area contributed by atoms with Gasteiger partial charge in [0.15, 0.2) is 0 Å². The number of halogens is 1. The summed E-state index contributed by atoms with van der Waals surface area (Å²) in [6.07, 6.45) is 5.25. The van der Waals surface area contributed by atoms with E-state index in [1.165, 1.54) is 0 Å². The molecule has 0 radical (unpaired) electrons. The van der Waals surface area contributed by atoms with E-state index in [1.807, 2.05) is 54.9 Å². The van der Waals surface area contributed by atoms with Gasteiger partial charge in [-0.1, -0.05) is 29.8 Å². The van der Waals surface area contributed by atoms with Crippen LogP contribution >= 0.6 is 11.6 Å². The summed E-state index contributed by atoms with van der Waals surface area (Å²) in [4.78, 5) is 14.7. The second-order valence-corrected chi connectivity index (χ2v) is 9.12. The third-order valence-electron chi connectivity index (χ3n) is 6.31. The highest BCUT2D eigenvalue weighted by Crippen LogP contribution is 2.32. The summed E-state index contributed by atoms with van der Waals surface area (Å²) in [5.41, 5.74) is 3.87. The van der Waals surface area contributed by atoms with Gasteiger partial charge in [0.1, 0.15) is 29.9 Å². The van der Waals surface area contributed by atoms with E-state index in [9.17, 15) is 0 Å². The van der Waals surface area contributed by atoms with Crippen molar-refractivity contribution in [3.8, 4) is 5.75 Å². The topological polar surface area (TPSA) is 84.5 Å². The van der Waals surface area contributed by atoms with Crippen molar-refractivity contribution in [2.24, 2.45) is 0 Å². The molecule has 1 fully saturated rings. The van der Waals surface area contributed by atoms with Crippen molar-refractivity contribution in [2.75, 3.05) is 51.9 Å². The van der Waals surface area contributed by atoms with E-state index in [0.29, 0.717) is 13.2 Å². The molecule has 8 nitrogen and oxygen atoms in total. The summed E-state index contributed by atoms with van der Waals surface area (Å²) in [7, 11) is 1.70. The van der Waals surface area contributed by atoms with E-state index >= 15 is 0 Å². The Morgan fingerprint density at radius 2 is 1.94 bits per heavy atom. The number of pyridine rings is 2. The van der Waals surface area contributed by atoms with Crippen LogP contribution in [0.15, 0.2) is 61.1 Å². The minimum Gasteiger partial charge on any atom is -0.491 e. The summed E-state index contributed by atoms with van der Waals surface area (Å²) in [6.45, 7) is 5.60. The van der Waals surface area contributed by atoms with Crippen molar-refractivity contribution in [1.29, 1.82) is 0 Å². The number of morpholine rings is 1. The number of anilines is 1. The number of nitrogens with one attached hydrogen (secondary N) is 2. The highest BCUT2D eigenvalue weighted by molar-refractivity contribution is 6.30. The molecule has 0 aliphatic carbocycles. The number of ether oxygens (including phenoxy) is 3. The van der Waals surface area contributed by atoms with Gasteiger partial charge in [0.25, 0.3) is 0 Å². The Kier molecular flexibility index (Phi) is 7.98. The normalized spacial score (nSPS) is 15.2. The van der Waals surface area contributed by atoms with Gasteiger partial charge in [-0.05, 0) is 29.8 Å². The number of benzene rings is 1. The zero-order valence-electron chi connectivity index (χ0n) is 20.2. The average molecular weight is 508 g/mol. The summed E-state index contributed by atoms with van der Waals surface area (Å²) in [5, 5.41) is 5.04. The van der Waals surface area contributed by atoms with Crippen LogP contribution in [0.4, 0.5) is 5.82 Å². The molecule has 1 atom stereocenters. The Morgan fingerprint density at radius 1 is 1.11 bits per heavy atom. The maximum atomic E-state index is 6.02. The molecule has 0 spiro atoms. The van der Waals surface area contributed by atoms with Crippen LogP contribution in [0.3, 0.4) is 0 Å². The van der Waals surface area contributed by atoms with Crippen molar-refractivity contribution < 1.29 is 14.2 Å². The van der Waals surface area contributed by atoms with Gasteiger partial charge >= 0.3 is 0 Å². The molecule has 2 N–H and O–H groups in total. The molecule has 3 aromatic heterocycles. The number of aromatic amines is 1. The third kappa shape index (κ3) is 5.96. The molecule has 4 aromatic rings. The predicted molar refractivity (Wildman–Crippen MR) is 141 cm³/mol. The third-order valence-corrected chi connectivity index (χ3v) is 6.56. The van der Waals surface area contributed by atoms with Crippen LogP contribution in [0, 0.1) is 0 Å². The quantitative estimate of drug-likeness (QED) is 0.322. The molecular weight excluding hydrogens is 478 g/mol. The van der Waals surface area contributed by atoms with Gasteiger partial charge in [-0.2, -0.15) is 0 Å². The van der Waals surface area contributed by atoms with Crippen LogP contribution in [0.25, 0.3) is 11.0 Å². The van der Waals surface area contributed by atoms with E-state index in [4.69, 9.17) is 25.8 Å². The van der Waals surface area contributed by atoms with Gasteiger partial charge < -0.3 is 24.5 Å². The minimum atomic E-state index is -0.290. The Hall–Kier alpha value is -3.17. The van der Waals surface area contributed by atoms with E-state index in [-0.39, 0.29) is 6.10 Å². The van der Waals surface area contributed by atoms with Crippen LogP contribution in [0.1, 0.15) is 22.8 Å². The summed E-state index contributed by atoms with van der Waals surface area (Å²) in [6, 6.07) is 13.8. The van der Waals surface area contributed by atoms with E-state index in [1.54, 1.807) is 13.3 Å². The first-order chi connectivity index (χ1) is 17.7. The molecule has 4 heterocycles. The minimum absolute atomic E-state index is 0.290. The first-order valence-electron chi connectivity index (χ1n) is 12.1. The predicted octanol–water partition coefficient (Wildman–Crippen LogP) is 4.67. The molecule has 1 aliphatic heterocycles. The van der Waals surface area contributed by atoms with Gasteiger partial charge in [0.2, 0.25) is 0 Å². The molecule has 0 saturated carbocycles. The van der Waals surface area contributed by atoms with Crippen molar-refractivity contribution >= 4 is 28.5 Å². The molecule has 1 saturated heterocycles. The lowest BCUT2D eigenvalue weighted by atomic mass is 10.0. The molecule has 0 amide bonds. The molecule has 1 aromatic carbocycles. The van der Waals surface area contributed by atoms with E-state index in [2.05, 4.69) is 25.2 Å². The van der Waals surface area contributed by atoms with Crippen LogP contribution in [-0.4, -0.2) is 66.4 Å². The van der Waals surface area contributed by atoms with Gasteiger partial charge in [-0.15, -0.1) is 0 Å². The number of methoxy groups -OCH3 is 1. The number of hydrogen-bond donors (Lipinski definition) is 2. The van der Waals surface area contributed by atoms with Gasteiger partial charge in [0, 0.05) is 67.2 Å². The largest absolute Gasteiger partial charge is 0.491 e. The fraction of sp³-hybridized carbons (Fsp3) is 0.333. The van der Waals surface area contributed by atoms with Crippen LogP contribution in [0.5, 0.6) is 5.75 Å². The SMILES string of the molecule is COC(c1ccc(NCc2ccc(Cl)cc2)nc1)c1c[nH]c2ncc(OCCN3CCOCC3)cc12. The number of fused-ring (bicyclic) bond motifs is 1. The van der Waals surface area contributed by atoms with Gasteiger partial charge in [0.05, 0.1) is 19.4 Å².